The highest BCUT2D eigenvalue weighted by atomic mass is 16.5. The summed E-state index contributed by atoms with van der Waals surface area (Å²) in [4.78, 5) is 23.7. The maximum absolute atomic E-state index is 12.4. The Hall–Kier alpha value is -3.22. The number of phenolic OH excluding ortho intramolecular Hbond substituents is 1. The molecule has 4 N–H and O–H groups in total. The van der Waals surface area contributed by atoms with E-state index < -0.39 is 0 Å². The number of hydrogen-bond acceptors (Lipinski definition) is 4. The highest BCUT2D eigenvalue weighted by Crippen LogP contribution is 2.35. The van der Waals surface area contributed by atoms with Gasteiger partial charge in [-0.1, -0.05) is 19.8 Å². The van der Waals surface area contributed by atoms with Gasteiger partial charge in [0.05, 0.1) is 5.69 Å². The van der Waals surface area contributed by atoms with Crippen LogP contribution in [0.15, 0.2) is 30.3 Å². The fourth-order valence-electron chi connectivity index (χ4n) is 4.09. The summed E-state index contributed by atoms with van der Waals surface area (Å²) in [6, 6.07) is 8.21. The summed E-state index contributed by atoms with van der Waals surface area (Å²) >= 11 is 0. The summed E-state index contributed by atoms with van der Waals surface area (Å²) in [5, 5.41) is 18.7. The van der Waals surface area contributed by atoms with Gasteiger partial charge < -0.3 is 25.8 Å². The number of hydrogen-bond donors (Lipinski definition) is 4. The van der Waals surface area contributed by atoms with Gasteiger partial charge in [0.15, 0.2) is 0 Å². The van der Waals surface area contributed by atoms with Crippen molar-refractivity contribution in [2.24, 2.45) is 5.92 Å². The molecule has 0 spiro atoms. The summed E-state index contributed by atoms with van der Waals surface area (Å²) in [6.45, 7) is 7.45. The topological polar surface area (TPSA) is 99.7 Å². The van der Waals surface area contributed by atoms with Crippen LogP contribution in [0.3, 0.4) is 0 Å². The molecule has 2 aromatic rings. The monoisotopic (exact) mass is 425 g/mol. The van der Waals surface area contributed by atoms with Crippen LogP contribution in [0.25, 0.3) is 0 Å². The van der Waals surface area contributed by atoms with E-state index in [9.17, 15) is 14.7 Å². The first-order chi connectivity index (χ1) is 14.7. The molecule has 0 aliphatic heterocycles. The van der Waals surface area contributed by atoms with Gasteiger partial charge in [-0.25, -0.2) is 4.79 Å². The van der Waals surface area contributed by atoms with E-state index >= 15 is 0 Å². The molecule has 0 bridgehead atoms. The lowest BCUT2D eigenvalue weighted by Crippen LogP contribution is -2.40. The molecule has 0 saturated heterocycles. The quantitative estimate of drug-likeness (QED) is 0.478. The van der Waals surface area contributed by atoms with Crippen LogP contribution in [0.4, 0.5) is 16.2 Å². The van der Waals surface area contributed by atoms with Crippen molar-refractivity contribution in [2.75, 3.05) is 10.6 Å². The van der Waals surface area contributed by atoms with Crippen molar-refractivity contribution in [3.8, 4) is 17.2 Å². The molecular formula is C24H31N3O4. The third-order valence-electron chi connectivity index (χ3n) is 5.49. The molecule has 1 aliphatic rings. The predicted molar refractivity (Wildman–Crippen MR) is 122 cm³/mol. The molecule has 3 rings (SSSR count). The molecular weight excluding hydrogens is 394 g/mol. The molecule has 1 saturated carbocycles. The minimum absolute atomic E-state index is 0.0334. The number of aryl methyl sites for hydroxylation is 2. The number of aromatic hydroxyl groups is 1. The van der Waals surface area contributed by atoms with E-state index in [0.29, 0.717) is 23.1 Å². The number of benzene rings is 2. The second kappa shape index (κ2) is 9.73. The molecule has 0 radical (unpaired) electrons. The number of carbonyl (C=O) groups excluding carboxylic acids is 2. The lowest BCUT2D eigenvalue weighted by molar-refractivity contribution is -0.114. The van der Waals surface area contributed by atoms with Gasteiger partial charge in [-0.3, -0.25) is 4.79 Å². The average molecular weight is 426 g/mol. The third-order valence-corrected chi connectivity index (χ3v) is 5.49. The lowest BCUT2D eigenvalue weighted by atomic mass is 9.87. The molecule has 31 heavy (non-hydrogen) atoms. The Bertz CT molecular complexity index is 950. The third kappa shape index (κ3) is 6.13. The normalized spacial score (nSPS) is 18.2. The molecule has 3 amide bonds. The standard InChI is InChI=1S/C24H31N3O4/c1-14-6-5-7-18(10-14)26-24(30)27-21-13-20(8-9-22(21)29)31-23-15(2)11-19(12-16(23)3)25-17(4)28/h8-9,11-14,18,29H,5-7,10H2,1-4H3,(H,25,28)(H2,26,27,30). The zero-order valence-electron chi connectivity index (χ0n) is 18.5. The summed E-state index contributed by atoms with van der Waals surface area (Å²) in [7, 11) is 0. The van der Waals surface area contributed by atoms with Crippen LogP contribution >= 0.6 is 0 Å². The van der Waals surface area contributed by atoms with Crippen molar-refractivity contribution in [2.45, 2.75) is 59.4 Å². The first-order valence-electron chi connectivity index (χ1n) is 10.7. The van der Waals surface area contributed by atoms with Gasteiger partial charge in [0.1, 0.15) is 17.2 Å². The van der Waals surface area contributed by atoms with E-state index in [-0.39, 0.29) is 29.4 Å². The van der Waals surface area contributed by atoms with Crippen molar-refractivity contribution in [3.63, 3.8) is 0 Å². The second-order valence-corrected chi connectivity index (χ2v) is 8.47. The number of rotatable bonds is 5. The summed E-state index contributed by atoms with van der Waals surface area (Å²) in [6.07, 6.45) is 4.25. The van der Waals surface area contributed by atoms with Crippen molar-refractivity contribution in [1.29, 1.82) is 0 Å². The molecule has 1 aliphatic carbocycles. The summed E-state index contributed by atoms with van der Waals surface area (Å²) in [5.41, 5.74) is 2.70. The van der Waals surface area contributed by atoms with E-state index in [1.807, 2.05) is 26.0 Å². The molecule has 7 heteroatoms. The first kappa shape index (κ1) is 22.5. The highest BCUT2D eigenvalue weighted by Gasteiger charge is 2.21. The highest BCUT2D eigenvalue weighted by molar-refractivity contribution is 5.91. The number of anilines is 2. The fraction of sp³-hybridized carbons (Fsp3) is 0.417. The zero-order valence-corrected chi connectivity index (χ0v) is 18.5. The maximum Gasteiger partial charge on any atom is 0.319 e. The van der Waals surface area contributed by atoms with E-state index in [0.717, 1.165) is 30.4 Å². The molecule has 166 valence electrons. The molecule has 1 fully saturated rings. The van der Waals surface area contributed by atoms with Gasteiger partial charge in [0.2, 0.25) is 5.91 Å². The Morgan fingerprint density at radius 2 is 1.77 bits per heavy atom. The number of nitrogens with one attached hydrogen (secondary N) is 3. The van der Waals surface area contributed by atoms with E-state index in [1.165, 1.54) is 19.4 Å². The van der Waals surface area contributed by atoms with E-state index in [2.05, 4.69) is 22.9 Å². The minimum atomic E-state index is -0.335. The van der Waals surface area contributed by atoms with Crippen LogP contribution in [0.1, 0.15) is 50.7 Å². The Balaban J connectivity index is 1.71. The lowest BCUT2D eigenvalue weighted by Gasteiger charge is -2.27. The van der Waals surface area contributed by atoms with Gasteiger partial charge in [0.25, 0.3) is 0 Å². The Morgan fingerprint density at radius 1 is 1.06 bits per heavy atom. The maximum atomic E-state index is 12.4. The van der Waals surface area contributed by atoms with Gasteiger partial charge in [0, 0.05) is 24.7 Å². The van der Waals surface area contributed by atoms with Crippen molar-refractivity contribution < 1.29 is 19.4 Å². The number of urea groups is 1. The van der Waals surface area contributed by atoms with Gasteiger partial charge >= 0.3 is 6.03 Å². The molecule has 2 unspecified atom stereocenters. The number of ether oxygens (including phenoxy) is 1. The molecule has 2 aromatic carbocycles. The van der Waals surface area contributed by atoms with Crippen LogP contribution in [-0.2, 0) is 4.79 Å². The van der Waals surface area contributed by atoms with Crippen LogP contribution in [0.5, 0.6) is 17.2 Å². The van der Waals surface area contributed by atoms with E-state index in [1.54, 1.807) is 12.1 Å². The Labute approximate surface area is 183 Å². The average Bonchev–Trinajstić information content (AvgIpc) is 2.66. The van der Waals surface area contributed by atoms with Gasteiger partial charge in [-0.15, -0.1) is 0 Å². The summed E-state index contributed by atoms with van der Waals surface area (Å²) < 4.78 is 6.05. The van der Waals surface area contributed by atoms with Gasteiger partial charge in [-0.2, -0.15) is 0 Å². The van der Waals surface area contributed by atoms with Crippen molar-refractivity contribution in [1.82, 2.24) is 5.32 Å². The molecule has 2 atom stereocenters. The fourth-order valence-corrected chi connectivity index (χ4v) is 4.09. The predicted octanol–water partition coefficient (Wildman–Crippen LogP) is 5.46. The second-order valence-electron chi connectivity index (χ2n) is 8.47. The first-order valence-corrected chi connectivity index (χ1v) is 10.7. The molecule has 0 heterocycles. The van der Waals surface area contributed by atoms with Gasteiger partial charge in [-0.05, 0) is 68.0 Å². The number of phenols is 1. The summed E-state index contributed by atoms with van der Waals surface area (Å²) in [5.74, 6) is 1.58. The smallest absolute Gasteiger partial charge is 0.319 e. The number of carbonyl (C=O) groups is 2. The molecule has 7 nitrogen and oxygen atoms in total. The Kier molecular flexibility index (Phi) is 7.05. The van der Waals surface area contributed by atoms with Crippen LogP contribution in [0.2, 0.25) is 0 Å². The SMILES string of the molecule is CC(=O)Nc1cc(C)c(Oc2ccc(O)c(NC(=O)NC3CCCC(C)C3)c2)c(C)c1. The van der Waals surface area contributed by atoms with Crippen molar-refractivity contribution in [3.05, 3.63) is 41.5 Å². The minimum Gasteiger partial charge on any atom is -0.506 e. The Morgan fingerprint density at radius 3 is 2.42 bits per heavy atom. The van der Waals surface area contributed by atoms with Crippen LogP contribution < -0.4 is 20.7 Å². The van der Waals surface area contributed by atoms with Crippen LogP contribution in [0, 0.1) is 19.8 Å². The largest absolute Gasteiger partial charge is 0.506 e. The van der Waals surface area contributed by atoms with E-state index in [4.69, 9.17) is 4.74 Å². The molecule has 0 aromatic heterocycles. The van der Waals surface area contributed by atoms with Crippen LogP contribution in [-0.4, -0.2) is 23.1 Å². The number of amides is 3. The van der Waals surface area contributed by atoms with Crippen molar-refractivity contribution >= 4 is 23.3 Å². The zero-order chi connectivity index (χ0) is 22.5.